The molecule has 1 atom stereocenters. The Morgan fingerprint density at radius 1 is 1.08 bits per heavy atom. The van der Waals surface area contributed by atoms with Gasteiger partial charge in [-0.05, 0) is 47.1 Å². The maximum Gasteiger partial charge on any atom is 0.0124 e. The van der Waals surface area contributed by atoms with Gasteiger partial charge in [0.15, 0.2) is 0 Å². The highest BCUT2D eigenvalue weighted by atomic mass is 15.2. The Bertz CT molecular complexity index is 121. The van der Waals surface area contributed by atoms with Crippen LogP contribution in [0.15, 0.2) is 0 Å². The lowest BCUT2D eigenvalue weighted by atomic mass is 9.99. The Balaban J connectivity index is 4.01. The standard InChI is InChI=1S/C11H25N/c1-9(2)8-10(3)12(7)11(4,5)6/h9-10H,8H2,1-7H3. The summed E-state index contributed by atoms with van der Waals surface area (Å²) in [7, 11) is 2.22. The molecule has 0 fully saturated rings. The van der Waals surface area contributed by atoms with Gasteiger partial charge in [-0.1, -0.05) is 13.8 Å². The molecule has 0 saturated heterocycles. The van der Waals surface area contributed by atoms with Crippen LogP contribution < -0.4 is 0 Å². The van der Waals surface area contributed by atoms with Crippen molar-refractivity contribution in [1.82, 2.24) is 4.90 Å². The van der Waals surface area contributed by atoms with E-state index in [1.165, 1.54) is 6.42 Å². The molecule has 1 nitrogen and oxygen atoms in total. The van der Waals surface area contributed by atoms with Crippen LogP contribution in [0.4, 0.5) is 0 Å². The molecule has 0 aliphatic rings. The van der Waals surface area contributed by atoms with Gasteiger partial charge in [0.2, 0.25) is 0 Å². The Morgan fingerprint density at radius 2 is 1.50 bits per heavy atom. The molecule has 1 unspecified atom stereocenters. The van der Waals surface area contributed by atoms with Gasteiger partial charge in [0.05, 0.1) is 0 Å². The second kappa shape index (κ2) is 4.27. The summed E-state index contributed by atoms with van der Waals surface area (Å²) >= 11 is 0. The van der Waals surface area contributed by atoms with Gasteiger partial charge in [0.25, 0.3) is 0 Å². The third-order valence-electron chi connectivity index (χ3n) is 2.53. The molecule has 0 aliphatic carbocycles. The van der Waals surface area contributed by atoms with E-state index in [1.54, 1.807) is 0 Å². The van der Waals surface area contributed by atoms with Crippen molar-refractivity contribution in [3.05, 3.63) is 0 Å². The normalized spacial score (nSPS) is 15.8. The first-order chi connectivity index (χ1) is 5.25. The van der Waals surface area contributed by atoms with Crippen molar-refractivity contribution >= 4 is 0 Å². The molecule has 1 heteroatoms. The smallest absolute Gasteiger partial charge is 0.0124 e. The molecule has 0 bridgehead atoms. The monoisotopic (exact) mass is 171 g/mol. The number of rotatable bonds is 3. The zero-order chi connectivity index (χ0) is 9.94. The molecule has 0 aromatic carbocycles. The molecule has 74 valence electrons. The Kier molecular flexibility index (Phi) is 4.25. The van der Waals surface area contributed by atoms with Crippen molar-refractivity contribution in [1.29, 1.82) is 0 Å². The maximum absolute atomic E-state index is 2.45. The van der Waals surface area contributed by atoms with E-state index in [0.717, 1.165) is 5.92 Å². The van der Waals surface area contributed by atoms with Crippen LogP contribution >= 0.6 is 0 Å². The van der Waals surface area contributed by atoms with Crippen LogP contribution in [0.5, 0.6) is 0 Å². The lowest BCUT2D eigenvalue weighted by Gasteiger charge is -2.37. The van der Waals surface area contributed by atoms with Crippen LogP contribution in [-0.2, 0) is 0 Å². The van der Waals surface area contributed by atoms with Crippen LogP contribution in [-0.4, -0.2) is 23.5 Å². The average molecular weight is 171 g/mol. The maximum atomic E-state index is 2.45. The van der Waals surface area contributed by atoms with Crippen molar-refractivity contribution in [2.24, 2.45) is 5.92 Å². The van der Waals surface area contributed by atoms with E-state index in [-0.39, 0.29) is 0 Å². The van der Waals surface area contributed by atoms with E-state index in [2.05, 4.69) is 53.5 Å². The number of nitrogens with zero attached hydrogens (tertiary/aromatic N) is 1. The lowest BCUT2D eigenvalue weighted by Crippen LogP contribution is -2.44. The lowest BCUT2D eigenvalue weighted by molar-refractivity contribution is 0.113. The number of hydrogen-bond donors (Lipinski definition) is 0. The molecule has 0 saturated carbocycles. The summed E-state index contributed by atoms with van der Waals surface area (Å²) in [5.41, 5.74) is 0.300. The summed E-state index contributed by atoms with van der Waals surface area (Å²) in [6.45, 7) is 13.7. The van der Waals surface area contributed by atoms with E-state index in [1.807, 2.05) is 0 Å². The fourth-order valence-corrected chi connectivity index (χ4v) is 1.50. The summed E-state index contributed by atoms with van der Waals surface area (Å²) in [6.07, 6.45) is 1.29. The van der Waals surface area contributed by atoms with Crippen LogP contribution in [0.2, 0.25) is 0 Å². The fraction of sp³-hybridized carbons (Fsp3) is 1.00. The average Bonchev–Trinajstić information content (AvgIpc) is 1.82. The first kappa shape index (κ1) is 12.0. The van der Waals surface area contributed by atoms with Gasteiger partial charge in [-0.15, -0.1) is 0 Å². The van der Waals surface area contributed by atoms with Crippen molar-refractivity contribution in [2.45, 2.75) is 59.5 Å². The Labute approximate surface area is 78.1 Å². The molecule has 0 aromatic heterocycles. The van der Waals surface area contributed by atoms with E-state index >= 15 is 0 Å². The molecule has 0 aliphatic heterocycles. The van der Waals surface area contributed by atoms with Gasteiger partial charge >= 0.3 is 0 Å². The van der Waals surface area contributed by atoms with Crippen LogP contribution in [0.25, 0.3) is 0 Å². The predicted molar refractivity (Wildman–Crippen MR) is 56.4 cm³/mol. The summed E-state index contributed by atoms with van der Waals surface area (Å²) < 4.78 is 0. The highest BCUT2D eigenvalue weighted by Crippen LogP contribution is 2.18. The Hall–Kier alpha value is -0.0400. The molecule has 0 amide bonds. The molecule has 0 N–H and O–H groups in total. The van der Waals surface area contributed by atoms with E-state index in [0.29, 0.717) is 11.6 Å². The second-order valence-electron chi connectivity index (χ2n) is 5.26. The second-order valence-corrected chi connectivity index (χ2v) is 5.26. The molecule has 0 rings (SSSR count). The SMILES string of the molecule is CC(C)CC(C)N(C)C(C)(C)C. The van der Waals surface area contributed by atoms with Gasteiger partial charge in [0, 0.05) is 11.6 Å². The van der Waals surface area contributed by atoms with Crippen molar-refractivity contribution in [3.63, 3.8) is 0 Å². The zero-order valence-corrected chi connectivity index (χ0v) is 9.81. The topological polar surface area (TPSA) is 3.24 Å². The molecular weight excluding hydrogens is 146 g/mol. The predicted octanol–water partition coefficient (Wildman–Crippen LogP) is 3.15. The molecule has 0 radical (unpaired) electrons. The van der Waals surface area contributed by atoms with Crippen LogP contribution in [0.1, 0.15) is 48.0 Å². The molecule has 0 aromatic rings. The zero-order valence-electron chi connectivity index (χ0n) is 9.81. The minimum atomic E-state index is 0.300. The first-order valence-corrected chi connectivity index (χ1v) is 4.98. The molecule has 0 heterocycles. The van der Waals surface area contributed by atoms with E-state index in [9.17, 15) is 0 Å². The third kappa shape index (κ3) is 4.10. The first-order valence-electron chi connectivity index (χ1n) is 4.98. The largest absolute Gasteiger partial charge is 0.299 e. The van der Waals surface area contributed by atoms with Gasteiger partial charge in [-0.2, -0.15) is 0 Å². The van der Waals surface area contributed by atoms with Gasteiger partial charge in [-0.25, -0.2) is 0 Å². The molecular formula is C11H25N. The quantitative estimate of drug-likeness (QED) is 0.630. The highest BCUT2D eigenvalue weighted by molar-refractivity contribution is 4.78. The van der Waals surface area contributed by atoms with Crippen LogP contribution in [0, 0.1) is 5.92 Å². The van der Waals surface area contributed by atoms with Gasteiger partial charge in [0.1, 0.15) is 0 Å². The van der Waals surface area contributed by atoms with Crippen molar-refractivity contribution in [3.8, 4) is 0 Å². The highest BCUT2D eigenvalue weighted by Gasteiger charge is 2.22. The van der Waals surface area contributed by atoms with Gasteiger partial charge in [-0.3, -0.25) is 4.90 Å². The summed E-state index contributed by atoms with van der Waals surface area (Å²) in [5.74, 6) is 0.796. The van der Waals surface area contributed by atoms with Crippen molar-refractivity contribution in [2.75, 3.05) is 7.05 Å². The minimum absolute atomic E-state index is 0.300. The van der Waals surface area contributed by atoms with Gasteiger partial charge < -0.3 is 0 Å². The number of hydrogen-bond acceptors (Lipinski definition) is 1. The summed E-state index contributed by atoms with van der Waals surface area (Å²) in [4.78, 5) is 2.45. The van der Waals surface area contributed by atoms with Crippen molar-refractivity contribution < 1.29 is 0 Å². The van der Waals surface area contributed by atoms with E-state index in [4.69, 9.17) is 0 Å². The molecule has 12 heavy (non-hydrogen) atoms. The van der Waals surface area contributed by atoms with E-state index < -0.39 is 0 Å². The van der Waals surface area contributed by atoms with Crippen LogP contribution in [0.3, 0.4) is 0 Å². The summed E-state index contributed by atoms with van der Waals surface area (Å²) in [5, 5.41) is 0. The fourth-order valence-electron chi connectivity index (χ4n) is 1.50. The molecule has 0 spiro atoms. The summed E-state index contributed by atoms with van der Waals surface area (Å²) in [6, 6.07) is 0.685. The Morgan fingerprint density at radius 3 is 1.75 bits per heavy atom. The third-order valence-corrected chi connectivity index (χ3v) is 2.53. The minimum Gasteiger partial charge on any atom is -0.299 e.